The Bertz CT molecular complexity index is 1890. The minimum Gasteiger partial charge on any atom is -0.478 e. The average molecular weight is 606 g/mol. The molecule has 0 radical (unpaired) electrons. The predicted octanol–water partition coefficient (Wildman–Crippen LogP) is 7.01. The van der Waals surface area contributed by atoms with Crippen LogP contribution in [0.15, 0.2) is 60.7 Å². The molecule has 6 rings (SSSR count). The summed E-state index contributed by atoms with van der Waals surface area (Å²) in [7, 11) is 0. The molecule has 11 heteroatoms. The Labute approximate surface area is 249 Å². The molecule has 1 saturated heterocycles. The first-order chi connectivity index (χ1) is 21.2. The highest BCUT2D eigenvalue weighted by molar-refractivity contribution is 5.92. The van der Waals surface area contributed by atoms with E-state index in [9.17, 15) is 18.7 Å². The van der Waals surface area contributed by atoms with E-state index in [1.54, 1.807) is 29.7 Å². The zero-order valence-electron chi connectivity index (χ0n) is 23.6. The van der Waals surface area contributed by atoms with Crippen LogP contribution in [0.25, 0.3) is 22.3 Å². The van der Waals surface area contributed by atoms with Crippen molar-refractivity contribution >= 4 is 17.0 Å². The standard InChI is InChI=1S/C33H27F4N3O4/c1-18-7-8-19(24(34)10-18)17-44-31-6-2-5-28(38-31)23-15-25(35)20(11-26(23)36)14-30-39-32-27(37)12-21(33(41)42)13-29(32)40(30)16-22-4-3-9-43-22/h2,5-8,10-13,15,22H,3-4,9,14,16-17H2,1H3,(H,41,42). The van der Waals surface area contributed by atoms with E-state index in [1.807, 2.05) is 0 Å². The number of carboxylic acids is 1. The number of nitrogens with zero attached hydrogens (tertiary/aromatic N) is 3. The molecule has 0 saturated carbocycles. The molecule has 1 aliphatic rings. The monoisotopic (exact) mass is 605 g/mol. The van der Waals surface area contributed by atoms with Crippen molar-refractivity contribution in [2.45, 2.75) is 45.4 Å². The molecule has 0 spiro atoms. The first-order valence-corrected chi connectivity index (χ1v) is 14.0. The van der Waals surface area contributed by atoms with Crippen molar-refractivity contribution in [1.82, 2.24) is 14.5 Å². The summed E-state index contributed by atoms with van der Waals surface area (Å²) in [5.41, 5.74) is 0.993. The van der Waals surface area contributed by atoms with E-state index in [-0.39, 0.29) is 70.8 Å². The number of pyridine rings is 1. The first kappa shape index (κ1) is 29.3. The molecule has 3 aromatic carbocycles. The van der Waals surface area contributed by atoms with Crippen molar-refractivity contribution in [2.24, 2.45) is 0 Å². The van der Waals surface area contributed by atoms with E-state index < -0.39 is 29.2 Å². The molecule has 226 valence electrons. The van der Waals surface area contributed by atoms with Crippen molar-refractivity contribution in [3.05, 3.63) is 112 Å². The van der Waals surface area contributed by atoms with Gasteiger partial charge in [-0.3, -0.25) is 0 Å². The van der Waals surface area contributed by atoms with Gasteiger partial charge in [0.2, 0.25) is 5.88 Å². The van der Waals surface area contributed by atoms with Crippen molar-refractivity contribution in [3.8, 4) is 17.1 Å². The summed E-state index contributed by atoms with van der Waals surface area (Å²) >= 11 is 0. The van der Waals surface area contributed by atoms with Crippen LogP contribution in [0.3, 0.4) is 0 Å². The number of fused-ring (bicyclic) bond motifs is 1. The summed E-state index contributed by atoms with van der Waals surface area (Å²) in [5.74, 6) is -3.69. The van der Waals surface area contributed by atoms with Gasteiger partial charge in [0.15, 0.2) is 5.82 Å². The van der Waals surface area contributed by atoms with E-state index >= 15 is 8.78 Å². The van der Waals surface area contributed by atoms with Gasteiger partial charge in [0.1, 0.15) is 35.4 Å². The molecular formula is C33H27F4N3O4. The Morgan fingerprint density at radius 3 is 2.55 bits per heavy atom. The van der Waals surface area contributed by atoms with Gasteiger partial charge in [-0.2, -0.15) is 0 Å². The molecule has 0 bridgehead atoms. The van der Waals surface area contributed by atoms with Gasteiger partial charge in [-0.05, 0) is 67.3 Å². The number of aromatic carboxylic acids is 1. The highest BCUT2D eigenvalue weighted by Gasteiger charge is 2.24. The molecule has 5 aromatic rings. The normalized spacial score (nSPS) is 14.8. The van der Waals surface area contributed by atoms with Crippen LogP contribution < -0.4 is 4.74 Å². The summed E-state index contributed by atoms with van der Waals surface area (Å²) in [5, 5.41) is 9.45. The number of halogens is 4. The van der Waals surface area contributed by atoms with Crippen molar-refractivity contribution in [3.63, 3.8) is 0 Å². The fraction of sp³-hybridized carbons (Fsp3) is 0.242. The molecule has 0 amide bonds. The summed E-state index contributed by atoms with van der Waals surface area (Å²) in [6.07, 6.45) is 1.18. The Morgan fingerprint density at radius 2 is 1.80 bits per heavy atom. The number of benzene rings is 3. The molecule has 1 aliphatic heterocycles. The summed E-state index contributed by atoms with van der Waals surface area (Å²) in [4.78, 5) is 20.2. The SMILES string of the molecule is Cc1ccc(COc2cccc(-c3cc(F)c(Cc4nc5c(F)cc(C(=O)O)cc5n4CC4CCCO4)cc3F)n2)c(F)c1. The number of rotatable bonds is 9. The lowest BCUT2D eigenvalue weighted by atomic mass is 10.0. The van der Waals surface area contributed by atoms with Crippen LogP contribution in [0.1, 0.15) is 45.7 Å². The lowest BCUT2D eigenvalue weighted by molar-refractivity contribution is 0.0696. The van der Waals surface area contributed by atoms with E-state index in [4.69, 9.17) is 9.47 Å². The Hall–Kier alpha value is -4.77. The predicted molar refractivity (Wildman–Crippen MR) is 153 cm³/mol. The van der Waals surface area contributed by atoms with Gasteiger partial charge in [-0.1, -0.05) is 18.2 Å². The van der Waals surface area contributed by atoms with Gasteiger partial charge in [-0.25, -0.2) is 32.3 Å². The van der Waals surface area contributed by atoms with E-state index in [1.165, 1.54) is 24.3 Å². The average Bonchev–Trinajstić information content (AvgIpc) is 3.63. The number of aromatic nitrogens is 3. The van der Waals surface area contributed by atoms with Gasteiger partial charge in [0.25, 0.3) is 0 Å². The lowest BCUT2D eigenvalue weighted by Gasteiger charge is -2.15. The van der Waals surface area contributed by atoms with Crippen molar-refractivity contribution in [1.29, 1.82) is 0 Å². The fourth-order valence-electron chi connectivity index (χ4n) is 5.34. The van der Waals surface area contributed by atoms with E-state index in [0.29, 0.717) is 12.2 Å². The first-order valence-electron chi connectivity index (χ1n) is 14.0. The molecule has 0 aliphatic carbocycles. The number of imidazole rings is 1. The van der Waals surface area contributed by atoms with Gasteiger partial charge in [-0.15, -0.1) is 0 Å². The van der Waals surface area contributed by atoms with Crippen LogP contribution in [0.5, 0.6) is 5.88 Å². The smallest absolute Gasteiger partial charge is 0.335 e. The highest BCUT2D eigenvalue weighted by Crippen LogP contribution is 2.30. The second-order valence-electron chi connectivity index (χ2n) is 10.7. The Kier molecular flexibility index (Phi) is 8.05. The number of carboxylic acid groups (broad SMARTS) is 1. The molecule has 1 unspecified atom stereocenters. The molecule has 2 aromatic heterocycles. The molecule has 1 N–H and O–H groups in total. The lowest BCUT2D eigenvalue weighted by Crippen LogP contribution is -2.17. The van der Waals surface area contributed by atoms with Crippen molar-refractivity contribution in [2.75, 3.05) is 6.61 Å². The number of ether oxygens (including phenoxy) is 2. The molecule has 1 atom stereocenters. The van der Waals surface area contributed by atoms with E-state index in [0.717, 1.165) is 36.6 Å². The number of aryl methyl sites for hydroxylation is 1. The largest absolute Gasteiger partial charge is 0.478 e. The maximum absolute atomic E-state index is 15.5. The van der Waals surface area contributed by atoms with Crippen LogP contribution in [0.2, 0.25) is 0 Å². The van der Waals surface area contributed by atoms with Crippen LogP contribution in [0.4, 0.5) is 17.6 Å². The van der Waals surface area contributed by atoms with Crippen LogP contribution in [-0.4, -0.2) is 38.3 Å². The van der Waals surface area contributed by atoms with Crippen LogP contribution in [-0.2, 0) is 24.3 Å². The molecule has 44 heavy (non-hydrogen) atoms. The quantitative estimate of drug-likeness (QED) is 0.182. The summed E-state index contributed by atoms with van der Waals surface area (Å²) in [6.45, 7) is 2.49. The maximum atomic E-state index is 15.5. The Balaban J connectivity index is 1.29. The van der Waals surface area contributed by atoms with Crippen molar-refractivity contribution < 1.29 is 36.9 Å². The third-order valence-corrected chi connectivity index (χ3v) is 7.61. The van der Waals surface area contributed by atoms with Gasteiger partial charge in [0.05, 0.1) is 29.4 Å². The van der Waals surface area contributed by atoms with E-state index in [2.05, 4.69) is 9.97 Å². The third kappa shape index (κ3) is 6.00. The second-order valence-corrected chi connectivity index (χ2v) is 10.7. The molecule has 3 heterocycles. The van der Waals surface area contributed by atoms with Gasteiger partial charge in [0, 0.05) is 30.2 Å². The highest BCUT2D eigenvalue weighted by atomic mass is 19.1. The minimum atomic E-state index is -1.30. The number of hydrogen-bond donors (Lipinski definition) is 1. The molecular weight excluding hydrogens is 578 g/mol. The molecule has 7 nitrogen and oxygen atoms in total. The topological polar surface area (TPSA) is 86.5 Å². The number of hydrogen-bond acceptors (Lipinski definition) is 5. The Morgan fingerprint density at radius 1 is 0.977 bits per heavy atom. The minimum absolute atomic E-state index is 0.0312. The van der Waals surface area contributed by atoms with Gasteiger partial charge < -0.3 is 19.1 Å². The fourth-order valence-corrected chi connectivity index (χ4v) is 5.34. The third-order valence-electron chi connectivity index (χ3n) is 7.61. The van der Waals surface area contributed by atoms with Crippen LogP contribution in [0, 0.1) is 30.2 Å². The second kappa shape index (κ2) is 12.1. The number of carbonyl (C=O) groups is 1. The zero-order valence-corrected chi connectivity index (χ0v) is 23.6. The van der Waals surface area contributed by atoms with Crippen LogP contribution >= 0.6 is 0 Å². The summed E-state index contributed by atoms with van der Waals surface area (Å²) < 4.78 is 73.1. The summed E-state index contributed by atoms with van der Waals surface area (Å²) in [6, 6.07) is 13.6. The molecule has 1 fully saturated rings. The maximum Gasteiger partial charge on any atom is 0.335 e. The zero-order chi connectivity index (χ0) is 31.0. The van der Waals surface area contributed by atoms with Gasteiger partial charge >= 0.3 is 5.97 Å².